The number of nitrogens with zero attached hydrogens (tertiary/aromatic N) is 3. The van der Waals surface area contributed by atoms with Crippen molar-refractivity contribution in [3.05, 3.63) is 41.6 Å². The largest absolute Gasteiger partial charge is 0.384 e. The van der Waals surface area contributed by atoms with Crippen molar-refractivity contribution in [3.8, 4) is 0 Å². The van der Waals surface area contributed by atoms with Gasteiger partial charge >= 0.3 is 0 Å². The van der Waals surface area contributed by atoms with E-state index in [1.165, 1.54) is 17.3 Å². The third-order valence-corrected chi connectivity index (χ3v) is 5.19. The molecule has 2 aromatic rings. The zero-order chi connectivity index (χ0) is 17.3. The standard InChI is InChI=1S/C18H22N4OS/c1-11-10-16(19)21-18(20-11)24-13(3)17(23)22-12(2)8-9-14-6-4-5-7-15(14)22/h4-7,10,12-13H,8-9H2,1-3H3,(H2,19,20,21)/t12-,13-/m0/s1. The summed E-state index contributed by atoms with van der Waals surface area (Å²) >= 11 is 1.36. The Labute approximate surface area is 146 Å². The first-order valence-corrected chi connectivity index (χ1v) is 9.02. The predicted molar refractivity (Wildman–Crippen MR) is 98.2 cm³/mol. The van der Waals surface area contributed by atoms with Gasteiger partial charge in [0, 0.05) is 23.5 Å². The van der Waals surface area contributed by atoms with Crippen LogP contribution < -0.4 is 10.6 Å². The van der Waals surface area contributed by atoms with Crippen LogP contribution in [0.4, 0.5) is 11.5 Å². The SMILES string of the molecule is Cc1cc(N)nc(S[C@@H](C)C(=O)N2c3ccccc3CC[C@@H]2C)n1. The molecule has 0 bridgehead atoms. The smallest absolute Gasteiger partial charge is 0.240 e. The van der Waals surface area contributed by atoms with Gasteiger partial charge < -0.3 is 10.6 Å². The second kappa shape index (κ2) is 6.81. The third kappa shape index (κ3) is 3.38. The molecule has 1 aromatic carbocycles. The first-order chi connectivity index (χ1) is 11.5. The minimum absolute atomic E-state index is 0.0864. The molecular weight excluding hydrogens is 320 g/mol. The fourth-order valence-electron chi connectivity index (χ4n) is 3.05. The molecule has 1 aromatic heterocycles. The first-order valence-electron chi connectivity index (χ1n) is 8.14. The van der Waals surface area contributed by atoms with Crippen LogP contribution in [0.25, 0.3) is 0 Å². The van der Waals surface area contributed by atoms with E-state index in [1.807, 2.05) is 36.9 Å². The van der Waals surface area contributed by atoms with E-state index in [2.05, 4.69) is 23.0 Å². The summed E-state index contributed by atoms with van der Waals surface area (Å²) in [6.45, 7) is 5.88. The lowest BCUT2D eigenvalue weighted by molar-refractivity contribution is -0.118. The topological polar surface area (TPSA) is 72.1 Å². The lowest BCUT2D eigenvalue weighted by Crippen LogP contribution is -2.45. The van der Waals surface area contributed by atoms with Gasteiger partial charge in [0.2, 0.25) is 5.91 Å². The van der Waals surface area contributed by atoms with Crippen LogP contribution in [-0.4, -0.2) is 27.2 Å². The molecule has 5 nitrogen and oxygen atoms in total. The van der Waals surface area contributed by atoms with E-state index in [1.54, 1.807) is 6.07 Å². The predicted octanol–water partition coefficient (Wildman–Crippen LogP) is 3.22. The number of nitrogens with two attached hydrogens (primary N) is 1. The van der Waals surface area contributed by atoms with Crippen molar-refractivity contribution in [2.45, 2.75) is 50.1 Å². The number of thioether (sulfide) groups is 1. The van der Waals surface area contributed by atoms with Gasteiger partial charge in [0.1, 0.15) is 5.82 Å². The number of aromatic nitrogens is 2. The van der Waals surface area contributed by atoms with E-state index in [9.17, 15) is 4.79 Å². The van der Waals surface area contributed by atoms with E-state index in [0.717, 1.165) is 24.2 Å². The van der Waals surface area contributed by atoms with Gasteiger partial charge in [0.05, 0.1) is 5.25 Å². The van der Waals surface area contributed by atoms with Gasteiger partial charge in [-0.3, -0.25) is 4.79 Å². The summed E-state index contributed by atoms with van der Waals surface area (Å²) in [4.78, 5) is 23.6. The molecule has 0 saturated carbocycles. The summed E-state index contributed by atoms with van der Waals surface area (Å²) < 4.78 is 0. The number of carbonyl (C=O) groups is 1. The maximum absolute atomic E-state index is 13.1. The van der Waals surface area contributed by atoms with Crippen LogP contribution in [-0.2, 0) is 11.2 Å². The van der Waals surface area contributed by atoms with Crippen molar-refractivity contribution < 1.29 is 4.79 Å². The number of hydrogen-bond donors (Lipinski definition) is 1. The normalized spacial score (nSPS) is 18.1. The van der Waals surface area contributed by atoms with Crippen LogP contribution in [0.15, 0.2) is 35.5 Å². The van der Waals surface area contributed by atoms with Gasteiger partial charge in [-0.1, -0.05) is 30.0 Å². The summed E-state index contributed by atoms with van der Waals surface area (Å²) in [6, 6.07) is 10.1. The Morgan fingerprint density at radius 3 is 2.88 bits per heavy atom. The number of benzene rings is 1. The molecule has 2 heterocycles. The molecule has 0 unspecified atom stereocenters. The summed E-state index contributed by atoms with van der Waals surface area (Å²) in [5.41, 5.74) is 8.85. The van der Waals surface area contributed by atoms with Crippen molar-refractivity contribution in [1.29, 1.82) is 0 Å². The van der Waals surface area contributed by atoms with Gasteiger partial charge in [0.15, 0.2) is 5.16 Å². The zero-order valence-corrected chi connectivity index (χ0v) is 15.0. The number of anilines is 2. The van der Waals surface area contributed by atoms with Crippen LogP contribution >= 0.6 is 11.8 Å². The minimum atomic E-state index is -0.278. The van der Waals surface area contributed by atoms with Crippen LogP contribution in [0.1, 0.15) is 31.5 Å². The monoisotopic (exact) mass is 342 g/mol. The number of nitrogen functional groups attached to an aromatic ring is 1. The molecule has 126 valence electrons. The van der Waals surface area contributed by atoms with Crippen molar-refractivity contribution in [1.82, 2.24) is 9.97 Å². The molecule has 6 heteroatoms. The van der Waals surface area contributed by atoms with Gasteiger partial charge in [-0.05, 0) is 45.2 Å². The number of aryl methyl sites for hydroxylation is 2. The van der Waals surface area contributed by atoms with Gasteiger partial charge in [-0.25, -0.2) is 9.97 Å². The summed E-state index contributed by atoms with van der Waals surface area (Å²) in [5, 5.41) is 0.270. The number of hydrogen-bond acceptors (Lipinski definition) is 5. The highest BCUT2D eigenvalue weighted by atomic mass is 32.2. The molecule has 0 fully saturated rings. The maximum atomic E-state index is 13.1. The van der Waals surface area contributed by atoms with E-state index < -0.39 is 0 Å². The quantitative estimate of drug-likeness (QED) is 0.685. The van der Waals surface area contributed by atoms with Crippen LogP contribution in [0, 0.1) is 6.92 Å². The Hall–Kier alpha value is -2.08. The van der Waals surface area contributed by atoms with E-state index >= 15 is 0 Å². The van der Waals surface area contributed by atoms with E-state index in [4.69, 9.17) is 5.73 Å². The summed E-state index contributed by atoms with van der Waals surface area (Å²) in [5.74, 6) is 0.518. The van der Waals surface area contributed by atoms with Crippen molar-refractivity contribution in [2.75, 3.05) is 10.6 Å². The van der Waals surface area contributed by atoms with Crippen molar-refractivity contribution in [3.63, 3.8) is 0 Å². The number of fused-ring (bicyclic) bond motifs is 1. The highest BCUT2D eigenvalue weighted by Gasteiger charge is 2.31. The van der Waals surface area contributed by atoms with E-state index in [0.29, 0.717) is 11.0 Å². The van der Waals surface area contributed by atoms with Gasteiger partial charge in [-0.15, -0.1) is 0 Å². The molecule has 3 rings (SSSR count). The molecule has 0 radical (unpaired) electrons. The highest BCUT2D eigenvalue weighted by Crippen LogP contribution is 2.33. The zero-order valence-electron chi connectivity index (χ0n) is 14.2. The second-order valence-electron chi connectivity index (χ2n) is 6.20. The molecule has 0 aliphatic carbocycles. The number of para-hydroxylation sites is 1. The molecule has 2 atom stereocenters. The Balaban J connectivity index is 1.83. The van der Waals surface area contributed by atoms with Crippen LogP contribution in [0.3, 0.4) is 0 Å². The molecule has 1 aliphatic heterocycles. The number of rotatable bonds is 3. The number of carbonyl (C=O) groups excluding carboxylic acids is 1. The van der Waals surface area contributed by atoms with Gasteiger partial charge in [-0.2, -0.15) is 0 Å². The first kappa shape index (κ1) is 16.8. The Kier molecular flexibility index (Phi) is 4.76. The molecule has 2 N–H and O–H groups in total. The highest BCUT2D eigenvalue weighted by molar-refractivity contribution is 8.00. The van der Waals surface area contributed by atoms with Crippen molar-refractivity contribution >= 4 is 29.2 Å². The number of amides is 1. The molecule has 0 saturated heterocycles. The van der Waals surface area contributed by atoms with Gasteiger partial charge in [0.25, 0.3) is 0 Å². The summed E-state index contributed by atoms with van der Waals surface area (Å²) in [6.07, 6.45) is 1.99. The third-order valence-electron chi connectivity index (χ3n) is 4.24. The average Bonchev–Trinajstić information content (AvgIpc) is 2.53. The molecule has 1 amide bonds. The fraction of sp³-hybridized carbons (Fsp3) is 0.389. The Bertz CT molecular complexity index is 744. The van der Waals surface area contributed by atoms with Crippen molar-refractivity contribution in [2.24, 2.45) is 0 Å². The summed E-state index contributed by atoms with van der Waals surface area (Å²) in [7, 11) is 0. The average molecular weight is 342 g/mol. The molecule has 24 heavy (non-hydrogen) atoms. The fourth-order valence-corrected chi connectivity index (χ4v) is 3.93. The van der Waals surface area contributed by atoms with E-state index in [-0.39, 0.29) is 17.2 Å². The molecule has 1 aliphatic rings. The van der Waals surface area contributed by atoms with Crippen LogP contribution in [0.2, 0.25) is 0 Å². The molecule has 0 spiro atoms. The second-order valence-corrected chi connectivity index (χ2v) is 7.51. The minimum Gasteiger partial charge on any atom is -0.384 e. The maximum Gasteiger partial charge on any atom is 0.240 e. The lowest BCUT2D eigenvalue weighted by atomic mass is 9.96. The Morgan fingerprint density at radius 1 is 1.38 bits per heavy atom. The Morgan fingerprint density at radius 2 is 2.12 bits per heavy atom. The molecular formula is C18H22N4OS. The van der Waals surface area contributed by atoms with Crippen LogP contribution in [0.5, 0.6) is 0 Å². The lowest BCUT2D eigenvalue weighted by Gasteiger charge is -2.36.